The van der Waals surface area contributed by atoms with Crippen molar-refractivity contribution in [2.24, 2.45) is 0 Å². The first-order valence-corrected chi connectivity index (χ1v) is 8.81. The van der Waals surface area contributed by atoms with Crippen LogP contribution in [0.5, 0.6) is 11.5 Å². The standard InChI is InChI=1S/C20H18F3NO3/c21-20(22,23)14-5-3-4-13(10-14)11-18(25)24-15-6-7-16-17(12-15)27-19(26-16)8-1-2-9-19/h3-7,10,12H,1-2,8-9,11H2,(H,24,25). The Morgan fingerprint density at radius 2 is 1.78 bits per heavy atom. The van der Waals surface area contributed by atoms with E-state index in [-0.39, 0.29) is 6.42 Å². The maximum atomic E-state index is 12.8. The van der Waals surface area contributed by atoms with Crippen LogP contribution in [0.2, 0.25) is 0 Å². The maximum absolute atomic E-state index is 12.8. The molecule has 0 atom stereocenters. The molecule has 4 nitrogen and oxygen atoms in total. The fourth-order valence-corrected chi connectivity index (χ4v) is 3.54. The van der Waals surface area contributed by atoms with Gasteiger partial charge in [0.25, 0.3) is 5.79 Å². The van der Waals surface area contributed by atoms with Gasteiger partial charge in [-0.05, 0) is 36.6 Å². The number of carbonyl (C=O) groups is 1. The van der Waals surface area contributed by atoms with Gasteiger partial charge in [0.1, 0.15) is 0 Å². The molecule has 1 aliphatic heterocycles. The fraction of sp³-hybridized carbons (Fsp3) is 0.350. The lowest BCUT2D eigenvalue weighted by atomic mass is 10.1. The monoisotopic (exact) mass is 377 g/mol. The number of halogens is 3. The van der Waals surface area contributed by atoms with Gasteiger partial charge in [-0.25, -0.2) is 0 Å². The number of hydrogen-bond acceptors (Lipinski definition) is 3. The summed E-state index contributed by atoms with van der Waals surface area (Å²) in [5.74, 6) is 0.244. The second-order valence-corrected chi connectivity index (χ2v) is 6.91. The van der Waals surface area contributed by atoms with E-state index in [0.29, 0.717) is 22.7 Å². The van der Waals surface area contributed by atoms with Gasteiger partial charge in [-0.15, -0.1) is 0 Å². The first-order chi connectivity index (χ1) is 12.8. The zero-order valence-corrected chi connectivity index (χ0v) is 14.4. The number of ether oxygens (including phenoxy) is 2. The molecule has 2 aliphatic rings. The SMILES string of the molecule is O=C(Cc1cccc(C(F)(F)F)c1)Nc1ccc2c(c1)OC1(CCCC1)O2. The summed E-state index contributed by atoms with van der Waals surface area (Å²) in [7, 11) is 0. The molecular weight excluding hydrogens is 359 g/mol. The van der Waals surface area contributed by atoms with E-state index in [9.17, 15) is 18.0 Å². The fourth-order valence-electron chi connectivity index (χ4n) is 3.54. The lowest BCUT2D eigenvalue weighted by Gasteiger charge is -2.21. The zero-order valence-electron chi connectivity index (χ0n) is 14.4. The van der Waals surface area contributed by atoms with E-state index in [0.717, 1.165) is 37.8 Å². The number of hydrogen-bond donors (Lipinski definition) is 1. The molecule has 27 heavy (non-hydrogen) atoms. The van der Waals surface area contributed by atoms with Crippen LogP contribution in [0.15, 0.2) is 42.5 Å². The second-order valence-electron chi connectivity index (χ2n) is 6.91. The number of carbonyl (C=O) groups excluding carboxylic acids is 1. The van der Waals surface area contributed by atoms with Gasteiger partial charge in [0.15, 0.2) is 11.5 Å². The molecule has 4 rings (SSSR count). The summed E-state index contributed by atoms with van der Waals surface area (Å²) in [4.78, 5) is 12.2. The van der Waals surface area contributed by atoms with Gasteiger partial charge in [0, 0.05) is 24.6 Å². The van der Waals surface area contributed by atoms with Crippen LogP contribution in [0, 0.1) is 0 Å². The van der Waals surface area contributed by atoms with Crippen LogP contribution in [0.1, 0.15) is 36.8 Å². The van der Waals surface area contributed by atoms with E-state index in [1.165, 1.54) is 12.1 Å². The van der Waals surface area contributed by atoms with Gasteiger partial charge in [0.2, 0.25) is 5.91 Å². The van der Waals surface area contributed by atoms with Gasteiger partial charge in [-0.3, -0.25) is 4.79 Å². The molecule has 0 bridgehead atoms. The molecule has 1 saturated carbocycles. The topological polar surface area (TPSA) is 47.6 Å². The van der Waals surface area contributed by atoms with Gasteiger partial charge in [-0.2, -0.15) is 13.2 Å². The number of benzene rings is 2. The zero-order chi connectivity index (χ0) is 19.1. The summed E-state index contributed by atoms with van der Waals surface area (Å²) in [5, 5.41) is 2.70. The normalized spacial score (nSPS) is 17.3. The molecule has 0 radical (unpaired) electrons. The summed E-state index contributed by atoms with van der Waals surface area (Å²) >= 11 is 0. The van der Waals surface area contributed by atoms with Crippen LogP contribution in [0.25, 0.3) is 0 Å². The Morgan fingerprint density at radius 3 is 2.52 bits per heavy atom. The molecule has 2 aromatic carbocycles. The van der Waals surface area contributed by atoms with E-state index in [1.807, 2.05) is 0 Å². The minimum atomic E-state index is -4.43. The number of nitrogens with one attached hydrogen (secondary N) is 1. The van der Waals surface area contributed by atoms with Crippen LogP contribution < -0.4 is 14.8 Å². The maximum Gasteiger partial charge on any atom is 0.416 e. The first-order valence-electron chi connectivity index (χ1n) is 8.81. The van der Waals surface area contributed by atoms with Gasteiger partial charge in [-0.1, -0.05) is 18.2 Å². The Hall–Kier alpha value is -2.70. The van der Waals surface area contributed by atoms with Crippen molar-refractivity contribution in [3.05, 3.63) is 53.6 Å². The van der Waals surface area contributed by atoms with E-state index in [1.54, 1.807) is 18.2 Å². The Bertz CT molecular complexity index is 873. The van der Waals surface area contributed by atoms with Crippen molar-refractivity contribution in [2.45, 2.75) is 44.1 Å². The highest BCUT2D eigenvalue weighted by Crippen LogP contribution is 2.47. The van der Waals surface area contributed by atoms with Crippen LogP contribution in [-0.4, -0.2) is 11.7 Å². The summed E-state index contributed by atoms with van der Waals surface area (Å²) in [6.07, 6.45) is -0.816. The minimum Gasteiger partial charge on any atom is -0.448 e. The van der Waals surface area contributed by atoms with E-state index in [2.05, 4.69) is 5.32 Å². The molecule has 1 heterocycles. The number of fused-ring (bicyclic) bond motifs is 1. The largest absolute Gasteiger partial charge is 0.448 e. The first kappa shape index (κ1) is 17.7. The molecule has 1 N–H and O–H groups in total. The summed E-state index contributed by atoms with van der Waals surface area (Å²) in [6, 6.07) is 9.89. The quantitative estimate of drug-likeness (QED) is 0.825. The molecule has 0 saturated heterocycles. The third-order valence-corrected chi connectivity index (χ3v) is 4.80. The Labute approximate surface area is 154 Å². The predicted molar refractivity (Wildman–Crippen MR) is 92.7 cm³/mol. The highest BCUT2D eigenvalue weighted by molar-refractivity contribution is 5.92. The van der Waals surface area contributed by atoms with Crippen LogP contribution in [0.4, 0.5) is 18.9 Å². The summed E-state index contributed by atoms with van der Waals surface area (Å²) < 4.78 is 50.2. The minimum absolute atomic E-state index is 0.150. The highest BCUT2D eigenvalue weighted by Gasteiger charge is 2.44. The van der Waals surface area contributed by atoms with Gasteiger partial charge >= 0.3 is 6.18 Å². The van der Waals surface area contributed by atoms with Crippen molar-refractivity contribution in [2.75, 3.05) is 5.32 Å². The lowest BCUT2D eigenvalue weighted by Crippen LogP contribution is -2.34. The summed E-state index contributed by atoms with van der Waals surface area (Å²) in [5.41, 5.74) is 0.0510. The summed E-state index contributed by atoms with van der Waals surface area (Å²) in [6.45, 7) is 0. The molecule has 7 heteroatoms. The third kappa shape index (κ3) is 3.72. The van der Waals surface area contributed by atoms with Crippen molar-refractivity contribution in [3.8, 4) is 11.5 Å². The molecule has 0 aromatic heterocycles. The molecule has 1 amide bonds. The number of alkyl halides is 3. The van der Waals surface area contributed by atoms with E-state index in [4.69, 9.17) is 9.47 Å². The van der Waals surface area contributed by atoms with Crippen LogP contribution >= 0.6 is 0 Å². The Balaban J connectivity index is 1.43. The van der Waals surface area contributed by atoms with Gasteiger partial charge < -0.3 is 14.8 Å². The van der Waals surface area contributed by atoms with Crippen molar-refractivity contribution in [3.63, 3.8) is 0 Å². The Morgan fingerprint density at radius 1 is 1.04 bits per heavy atom. The number of rotatable bonds is 3. The third-order valence-electron chi connectivity index (χ3n) is 4.80. The number of amides is 1. The molecule has 1 fully saturated rings. The predicted octanol–water partition coefficient (Wildman–Crippen LogP) is 4.93. The van der Waals surface area contributed by atoms with Crippen molar-refractivity contribution >= 4 is 11.6 Å². The number of anilines is 1. The van der Waals surface area contributed by atoms with Crippen molar-refractivity contribution in [1.82, 2.24) is 0 Å². The molecule has 2 aromatic rings. The highest BCUT2D eigenvalue weighted by atomic mass is 19.4. The van der Waals surface area contributed by atoms with Crippen molar-refractivity contribution in [1.29, 1.82) is 0 Å². The van der Waals surface area contributed by atoms with E-state index < -0.39 is 23.4 Å². The van der Waals surface area contributed by atoms with E-state index >= 15 is 0 Å². The average Bonchev–Trinajstić information content (AvgIpc) is 3.20. The van der Waals surface area contributed by atoms with Crippen LogP contribution in [-0.2, 0) is 17.4 Å². The second kappa shape index (κ2) is 6.48. The molecule has 0 unspecified atom stereocenters. The average molecular weight is 377 g/mol. The Kier molecular flexibility index (Phi) is 4.25. The van der Waals surface area contributed by atoms with Crippen molar-refractivity contribution < 1.29 is 27.4 Å². The molecule has 1 aliphatic carbocycles. The molecule has 1 spiro atoms. The molecular formula is C20H18F3NO3. The molecule has 142 valence electrons. The van der Waals surface area contributed by atoms with Gasteiger partial charge in [0.05, 0.1) is 12.0 Å². The van der Waals surface area contributed by atoms with Crippen LogP contribution in [0.3, 0.4) is 0 Å². The smallest absolute Gasteiger partial charge is 0.416 e. The lowest BCUT2D eigenvalue weighted by molar-refractivity contribution is -0.137.